The molecule has 1 aromatic heterocycles. The molecular formula is C16H17NO4S. The third-order valence-electron chi connectivity index (χ3n) is 3.30. The van der Waals surface area contributed by atoms with E-state index in [4.69, 9.17) is 4.74 Å². The number of anilines is 1. The zero-order valence-corrected chi connectivity index (χ0v) is 13.6. The van der Waals surface area contributed by atoms with Gasteiger partial charge < -0.3 is 15.2 Å². The average molecular weight is 319 g/mol. The number of rotatable bonds is 4. The molecule has 0 bridgehead atoms. The van der Waals surface area contributed by atoms with Gasteiger partial charge in [-0.1, -0.05) is 6.07 Å². The van der Waals surface area contributed by atoms with Crippen LogP contribution >= 0.6 is 11.3 Å². The van der Waals surface area contributed by atoms with E-state index >= 15 is 0 Å². The predicted molar refractivity (Wildman–Crippen MR) is 86.4 cm³/mol. The summed E-state index contributed by atoms with van der Waals surface area (Å²) in [4.78, 5) is 25.0. The Morgan fingerprint density at radius 3 is 2.41 bits per heavy atom. The Kier molecular flexibility index (Phi) is 4.51. The van der Waals surface area contributed by atoms with Crippen LogP contribution in [0.2, 0.25) is 0 Å². The lowest BCUT2D eigenvalue weighted by Crippen LogP contribution is -2.13. The number of hydrogen-bond donors (Lipinski definition) is 2. The lowest BCUT2D eigenvalue weighted by atomic mass is 10.0. The lowest BCUT2D eigenvalue weighted by Gasteiger charge is -2.11. The zero-order valence-electron chi connectivity index (χ0n) is 12.8. The minimum atomic E-state index is -1.02. The molecule has 0 fully saturated rings. The number of amides is 1. The zero-order chi connectivity index (χ0) is 16.4. The molecule has 2 rings (SSSR count). The van der Waals surface area contributed by atoms with E-state index in [-0.39, 0.29) is 11.5 Å². The van der Waals surface area contributed by atoms with Gasteiger partial charge in [0.25, 0.3) is 5.91 Å². The number of carbonyl (C=O) groups excluding carboxylic acids is 1. The van der Waals surface area contributed by atoms with Crippen molar-refractivity contribution in [2.24, 2.45) is 0 Å². The highest BCUT2D eigenvalue weighted by molar-refractivity contribution is 7.14. The molecule has 1 heterocycles. The molecule has 0 saturated heterocycles. The number of methoxy groups -OCH3 is 1. The molecule has 0 unspecified atom stereocenters. The van der Waals surface area contributed by atoms with Crippen LogP contribution in [0.4, 0.5) is 5.69 Å². The molecule has 0 aliphatic heterocycles. The van der Waals surface area contributed by atoms with Gasteiger partial charge in [0.2, 0.25) is 0 Å². The summed E-state index contributed by atoms with van der Waals surface area (Å²) in [7, 11) is 1.51. The minimum Gasteiger partial charge on any atom is -0.495 e. The van der Waals surface area contributed by atoms with Gasteiger partial charge in [0.1, 0.15) is 10.6 Å². The molecule has 2 N–H and O–H groups in total. The van der Waals surface area contributed by atoms with Gasteiger partial charge in [-0.2, -0.15) is 0 Å². The summed E-state index contributed by atoms with van der Waals surface area (Å²) in [6, 6.07) is 5.03. The fraction of sp³-hybridized carbons (Fsp3) is 0.250. The van der Waals surface area contributed by atoms with E-state index in [0.29, 0.717) is 21.9 Å². The fourth-order valence-electron chi connectivity index (χ4n) is 2.20. The Hall–Kier alpha value is -2.34. The normalized spacial score (nSPS) is 10.4. The third kappa shape index (κ3) is 3.12. The van der Waals surface area contributed by atoms with Crippen LogP contribution in [0.3, 0.4) is 0 Å². The van der Waals surface area contributed by atoms with Crippen molar-refractivity contribution in [3.05, 3.63) is 44.6 Å². The molecule has 0 aliphatic carbocycles. The van der Waals surface area contributed by atoms with Crippen molar-refractivity contribution in [3.8, 4) is 5.75 Å². The number of carboxylic acid groups (broad SMARTS) is 1. The number of hydrogen-bond acceptors (Lipinski definition) is 4. The van der Waals surface area contributed by atoms with Crippen LogP contribution in [0.25, 0.3) is 0 Å². The molecule has 0 atom stereocenters. The molecule has 0 aliphatic rings. The van der Waals surface area contributed by atoms with Crippen LogP contribution in [0.5, 0.6) is 5.75 Å². The van der Waals surface area contributed by atoms with Gasteiger partial charge in [0, 0.05) is 10.6 Å². The van der Waals surface area contributed by atoms with Crippen molar-refractivity contribution in [2.45, 2.75) is 20.8 Å². The first-order chi connectivity index (χ1) is 10.3. The number of carbonyl (C=O) groups is 2. The highest BCUT2D eigenvalue weighted by atomic mass is 32.1. The summed E-state index contributed by atoms with van der Waals surface area (Å²) in [5.41, 5.74) is 2.13. The van der Waals surface area contributed by atoms with Crippen LogP contribution in [0.15, 0.2) is 18.2 Å². The molecule has 0 spiro atoms. The second kappa shape index (κ2) is 6.19. The summed E-state index contributed by atoms with van der Waals surface area (Å²) in [6.07, 6.45) is 0. The van der Waals surface area contributed by atoms with Crippen molar-refractivity contribution >= 4 is 28.9 Å². The third-order valence-corrected chi connectivity index (χ3v) is 4.33. The number of aryl methyl sites for hydroxylation is 3. The smallest absolute Gasteiger partial charge is 0.336 e. The SMILES string of the molecule is COc1cc(C)sc1C(=O)Nc1cc(C(=O)O)c(C)cc1C. The average Bonchev–Trinajstić information content (AvgIpc) is 2.82. The Morgan fingerprint density at radius 1 is 1.14 bits per heavy atom. The van der Waals surface area contributed by atoms with E-state index in [9.17, 15) is 14.7 Å². The standard InChI is InChI=1S/C16H17NO4S/c1-8-5-9(2)12(7-11(8)16(19)20)17-15(18)14-13(21-4)6-10(3)22-14/h5-7H,1-4H3,(H,17,18)(H,19,20). The molecule has 1 aromatic carbocycles. The van der Waals surface area contributed by atoms with Crippen molar-refractivity contribution in [1.29, 1.82) is 0 Å². The maximum absolute atomic E-state index is 12.4. The van der Waals surface area contributed by atoms with Gasteiger partial charge >= 0.3 is 5.97 Å². The Balaban J connectivity index is 2.36. The molecule has 0 radical (unpaired) electrons. The lowest BCUT2D eigenvalue weighted by molar-refractivity contribution is 0.0695. The van der Waals surface area contributed by atoms with E-state index in [1.54, 1.807) is 19.1 Å². The maximum Gasteiger partial charge on any atom is 0.336 e. The molecule has 22 heavy (non-hydrogen) atoms. The van der Waals surface area contributed by atoms with Gasteiger partial charge in [-0.25, -0.2) is 4.79 Å². The van der Waals surface area contributed by atoms with E-state index in [0.717, 1.165) is 10.4 Å². The first kappa shape index (κ1) is 16.0. The van der Waals surface area contributed by atoms with E-state index in [1.165, 1.54) is 24.5 Å². The number of ether oxygens (including phenoxy) is 1. The van der Waals surface area contributed by atoms with E-state index in [1.807, 2.05) is 13.8 Å². The van der Waals surface area contributed by atoms with Crippen molar-refractivity contribution < 1.29 is 19.4 Å². The summed E-state index contributed by atoms with van der Waals surface area (Å²) < 4.78 is 5.19. The first-order valence-corrected chi connectivity index (χ1v) is 7.45. The summed E-state index contributed by atoms with van der Waals surface area (Å²) >= 11 is 1.33. The Morgan fingerprint density at radius 2 is 1.82 bits per heavy atom. The molecule has 116 valence electrons. The predicted octanol–water partition coefficient (Wildman–Crippen LogP) is 3.63. The van der Waals surface area contributed by atoms with Crippen LogP contribution in [0.1, 0.15) is 36.0 Å². The van der Waals surface area contributed by atoms with Crippen LogP contribution in [-0.2, 0) is 0 Å². The molecule has 6 heteroatoms. The highest BCUT2D eigenvalue weighted by Gasteiger charge is 2.18. The molecular weight excluding hydrogens is 302 g/mol. The van der Waals surface area contributed by atoms with Crippen LogP contribution in [0, 0.1) is 20.8 Å². The number of aromatic carboxylic acids is 1. The first-order valence-electron chi connectivity index (χ1n) is 6.63. The second-order valence-electron chi connectivity index (χ2n) is 5.00. The van der Waals surface area contributed by atoms with Crippen molar-refractivity contribution in [1.82, 2.24) is 0 Å². The van der Waals surface area contributed by atoms with Crippen molar-refractivity contribution in [2.75, 3.05) is 12.4 Å². The maximum atomic E-state index is 12.4. The second-order valence-corrected chi connectivity index (χ2v) is 6.25. The Labute approximate surface area is 132 Å². The van der Waals surface area contributed by atoms with Gasteiger partial charge in [0.05, 0.1) is 12.7 Å². The van der Waals surface area contributed by atoms with Crippen molar-refractivity contribution in [3.63, 3.8) is 0 Å². The topological polar surface area (TPSA) is 75.6 Å². The summed E-state index contributed by atoms with van der Waals surface area (Å²) in [5.74, 6) is -0.806. The fourth-order valence-corrected chi connectivity index (χ4v) is 3.07. The Bertz CT molecular complexity index is 749. The number of nitrogens with one attached hydrogen (secondary N) is 1. The van der Waals surface area contributed by atoms with Crippen LogP contribution < -0.4 is 10.1 Å². The minimum absolute atomic E-state index is 0.176. The quantitative estimate of drug-likeness (QED) is 0.902. The van der Waals surface area contributed by atoms with Gasteiger partial charge in [-0.05, 0) is 44.0 Å². The monoisotopic (exact) mass is 319 g/mol. The number of benzene rings is 1. The number of carboxylic acids is 1. The van der Waals surface area contributed by atoms with E-state index in [2.05, 4.69) is 5.32 Å². The molecule has 5 nitrogen and oxygen atoms in total. The molecule has 1 amide bonds. The molecule has 2 aromatic rings. The van der Waals surface area contributed by atoms with E-state index < -0.39 is 5.97 Å². The number of thiophene rings is 1. The van der Waals surface area contributed by atoms with Crippen LogP contribution in [-0.4, -0.2) is 24.1 Å². The highest BCUT2D eigenvalue weighted by Crippen LogP contribution is 2.30. The van der Waals surface area contributed by atoms with Gasteiger partial charge in [-0.15, -0.1) is 11.3 Å². The largest absolute Gasteiger partial charge is 0.495 e. The summed E-state index contributed by atoms with van der Waals surface area (Å²) in [6.45, 7) is 5.45. The van der Waals surface area contributed by atoms with Gasteiger partial charge in [-0.3, -0.25) is 4.79 Å². The molecule has 0 saturated carbocycles. The summed E-state index contributed by atoms with van der Waals surface area (Å²) in [5, 5.41) is 12.0. The van der Waals surface area contributed by atoms with Gasteiger partial charge in [0.15, 0.2) is 0 Å².